The Kier molecular flexibility index (Phi) is 22.9. The quantitative estimate of drug-likeness (QED) is 0.180. The van der Waals surface area contributed by atoms with Gasteiger partial charge in [0.1, 0.15) is 0 Å². The van der Waals surface area contributed by atoms with E-state index in [1.807, 2.05) is 0 Å². The van der Waals surface area contributed by atoms with Crippen LogP contribution in [0.3, 0.4) is 0 Å². The zero-order valence-electron chi connectivity index (χ0n) is 18.5. The van der Waals surface area contributed by atoms with Gasteiger partial charge in [-0.1, -0.05) is 111 Å². The van der Waals surface area contributed by atoms with Gasteiger partial charge in [-0.15, -0.1) is 0 Å². The van der Waals surface area contributed by atoms with Gasteiger partial charge in [-0.05, 0) is 18.8 Å². The standard InChI is InChI=1S/C24H50O2/c1-4-5-20-25-22-23-26-21-18-16-14-12-10-8-6-7-9-11-13-15-17-19-24(2)3/h24H,4-23H2,1-3H3. The predicted molar refractivity (Wildman–Crippen MR) is 116 cm³/mol. The van der Waals surface area contributed by atoms with Crippen LogP contribution in [0.15, 0.2) is 0 Å². The molecule has 0 saturated carbocycles. The van der Waals surface area contributed by atoms with E-state index in [1.165, 1.54) is 103 Å². The van der Waals surface area contributed by atoms with E-state index in [2.05, 4.69) is 20.8 Å². The molecule has 2 heteroatoms. The van der Waals surface area contributed by atoms with Crippen molar-refractivity contribution >= 4 is 0 Å². The smallest absolute Gasteiger partial charge is 0.0700 e. The highest BCUT2D eigenvalue weighted by atomic mass is 16.5. The van der Waals surface area contributed by atoms with Crippen molar-refractivity contribution in [2.75, 3.05) is 26.4 Å². The number of hydrogen-bond acceptors (Lipinski definition) is 2. The minimum atomic E-state index is 0.762. The number of hydrogen-bond donors (Lipinski definition) is 0. The monoisotopic (exact) mass is 370 g/mol. The number of rotatable bonds is 22. The van der Waals surface area contributed by atoms with Crippen molar-refractivity contribution in [2.24, 2.45) is 5.92 Å². The Bertz CT molecular complexity index is 240. The lowest BCUT2D eigenvalue weighted by atomic mass is 10.0. The highest BCUT2D eigenvalue weighted by Gasteiger charge is 1.96. The van der Waals surface area contributed by atoms with Crippen molar-refractivity contribution in [3.05, 3.63) is 0 Å². The average molecular weight is 371 g/mol. The summed E-state index contributed by atoms with van der Waals surface area (Å²) in [5.41, 5.74) is 0. The zero-order chi connectivity index (χ0) is 19.1. The summed E-state index contributed by atoms with van der Waals surface area (Å²) in [5, 5.41) is 0. The van der Waals surface area contributed by atoms with E-state index in [4.69, 9.17) is 9.47 Å². The lowest BCUT2D eigenvalue weighted by molar-refractivity contribution is 0.0453. The van der Waals surface area contributed by atoms with Gasteiger partial charge in [-0.25, -0.2) is 0 Å². The van der Waals surface area contributed by atoms with Crippen molar-refractivity contribution in [2.45, 2.75) is 124 Å². The van der Waals surface area contributed by atoms with Gasteiger partial charge in [0.2, 0.25) is 0 Å². The van der Waals surface area contributed by atoms with Gasteiger partial charge in [0.05, 0.1) is 13.2 Å². The largest absolute Gasteiger partial charge is 0.379 e. The molecule has 26 heavy (non-hydrogen) atoms. The van der Waals surface area contributed by atoms with E-state index < -0.39 is 0 Å². The first-order chi connectivity index (χ1) is 12.8. The lowest BCUT2D eigenvalue weighted by Crippen LogP contribution is -2.06. The molecule has 0 aromatic heterocycles. The number of unbranched alkanes of at least 4 members (excludes halogenated alkanes) is 13. The van der Waals surface area contributed by atoms with E-state index in [9.17, 15) is 0 Å². The van der Waals surface area contributed by atoms with Crippen LogP contribution < -0.4 is 0 Å². The van der Waals surface area contributed by atoms with Gasteiger partial charge in [-0.2, -0.15) is 0 Å². The molecule has 0 aliphatic rings. The topological polar surface area (TPSA) is 18.5 Å². The Morgan fingerprint density at radius 1 is 0.462 bits per heavy atom. The Morgan fingerprint density at radius 3 is 1.27 bits per heavy atom. The molecule has 0 radical (unpaired) electrons. The van der Waals surface area contributed by atoms with Crippen LogP contribution in [0.4, 0.5) is 0 Å². The highest BCUT2D eigenvalue weighted by molar-refractivity contribution is 4.51. The van der Waals surface area contributed by atoms with Gasteiger partial charge >= 0.3 is 0 Å². The molecule has 0 aromatic carbocycles. The van der Waals surface area contributed by atoms with Crippen LogP contribution in [0.5, 0.6) is 0 Å². The van der Waals surface area contributed by atoms with Crippen LogP contribution in [-0.2, 0) is 9.47 Å². The maximum Gasteiger partial charge on any atom is 0.0700 e. The Labute approximate surface area is 165 Å². The van der Waals surface area contributed by atoms with Crippen molar-refractivity contribution < 1.29 is 9.47 Å². The van der Waals surface area contributed by atoms with Crippen molar-refractivity contribution in [3.8, 4) is 0 Å². The van der Waals surface area contributed by atoms with E-state index in [0.717, 1.165) is 32.3 Å². The molecule has 0 aliphatic heterocycles. The van der Waals surface area contributed by atoms with Crippen molar-refractivity contribution in [1.29, 1.82) is 0 Å². The fourth-order valence-electron chi connectivity index (χ4n) is 3.27. The van der Waals surface area contributed by atoms with Crippen LogP contribution in [0, 0.1) is 5.92 Å². The molecule has 0 aliphatic carbocycles. The third kappa shape index (κ3) is 23.9. The van der Waals surface area contributed by atoms with Crippen molar-refractivity contribution in [1.82, 2.24) is 0 Å². The second-order valence-corrected chi connectivity index (χ2v) is 8.36. The molecule has 0 rings (SSSR count). The molecular weight excluding hydrogens is 320 g/mol. The minimum absolute atomic E-state index is 0.762. The second-order valence-electron chi connectivity index (χ2n) is 8.36. The maximum absolute atomic E-state index is 5.61. The van der Waals surface area contributed by atoms with Gasteiger partial charge in [0, 0.05) is 13.2 Å². The first-order valence-corrected chi connectivity index (χ1v) is 11.9. The molecule has 0 aromatic rings. The van der Waals surface area contributed by atoms with E-state index >= 15 is 0 Å². The van der Waals surface area contributed by atoms with Crippen LogP contribution in [0.1, 0.15) is 124 Å². The molecule has 0 saturated heterocycles. The fourth-order valence-corrected chi connectivity index (χ4v) is 3.27. The molecule has 0 unspecified atom stereocenters. The Balaban J connectivity index is 2.97. The van der Waals surface area contributed by atoms with E-state index in [0.29, 0.717) is 0 Å². The van der Waals surface area contributed by atoms with Crippen LogP contribution >= 0.6 is 0 Å². The van der Waals surface area contributed by atoms with Crippen molar-refractivity contribution in [3.63, 3.8) is 0 Å². The molecular formula is C24H50O2. The van der Waals surface area contributed by atoms with Gasteiger partial charge < -0.3 is 9.47 Å². The normalized spacial score (nSPS) is 11.5. The summed E-state index contributed by atoms with van der Waals surface area (Å²) in [6.07, 6.45) is 22.2. The molecule has 0 amide bonds. The van der Waals surface area contributed by atoms with Crippen LogP contribution in [0.2, 0.25) is 0 Å². The van der Waals surface area contributed by atoms with E-state index in [-0.39, 0.29) is 0 Å². The summed E-state index contributed by atoms with van der Waals surface area (Å²) in [6, 6.07) is 0. The average Bonchev–Trinajstić information content (AvgIpc) is 2.62. The minimum Gasteiger partial charge on any atom is -0.379 e. The molecule has 0 bridgehead atoms. The summed E-state index contributed by atoms with van der Waals surface area (Å²) < 4.78 is 11.1. The SMILES string of the molecule is CCCCOCCOCCCCCCCCCCCCCCCC(C)C. The lowest BCUT2D eigenvalue weighted by Gasteiger charge is -2.06. The first kappa shape index (κ1) is 25.9. The molecule has 0 heterocycles. The Hall–Kier alpha value is -0.0800. The summed E-state index contributed by atoms with van der Waals surface area (Å²) in [5.74, 6) is 0.887. The summed E-state index contributed by atoms with van der Waals surface area (Å²) >= 11 is 0. The highest BCUT2D eigenvalue weighted by Crippen LogP contribution is 2.14. The molecule has 0 atom stereocenters. The molecule has 0 fully saturated rings. The van der Waals surface area contributed by atoms with Crippen LogP contribution in [0.25, 0.3) is 0 Å². The molecule has 0 spiro atoms. The molecule has 0 N–H and O–H groups in total. The zero-order valence-corrected chi connectivity index (χ0v) is 18.5. The predicted octanol–water partition coefficient (Wildman–Crippen LogP) is 7.94. The number of ether oxygens (including phenoxy) is 2. The second kappa shape index (κ2) is 23.0. The third-order valence-corrected chi connectivity index (χ3v) is 5.08. The van der Waals surface area contributed by atoms with Gasteiger partial charge in [0.25, 0.3) is 0 Å². The summed E-state index contributed by atoms with van der Waals surface area (Å²) in [6.45, 7) is 10.2. The fraction of sp³-hybridized carbons (Fsp3) is 1.00. The van der Waals surface area contributed by atoms with Gasteiger partial charge in [-0.3, -0.25) is 0 Å². The Morgan fingerprint density at radius 2 is 0.846 bits per heavy atom. The third-order valence-electron chi connectivity index (χ3n) is 5.08. The summed E-state index contributed by atoms with van der Waals surface area (Å²) in [4.78, 5) is 0. The first-order valence-electron chi connectivity index (χ1n) is 11.9. The maximum atomic E-state index is 5.61. The van der Waals surface area contributed by atoms with Crippen LogP contribution in [-0.4, -0.2) is 26.4 Å². The van der Waals surface area contributed by atoms with E-state index in [1.54, 1.807) is 0 Å². The molecule has 158 valence electrons. The summed E-state index contributed by atoms with van der Waals surface area (Å²) in [7, 11) is 0. The van der Waals surface area contributed by atoms with Gasteiger partial charge in [0.15, 0.2) is 0 Å². The molecule has 2 nitrogen and oxygen atoms in total.